The maximum absolute atomic E-state index is 11.7. The minimum absolute atomic E-state index is 0.132. The molecule has 0 N–H and O–H groups in total. The molecule has 2 aliphatic heterocycles. The topological polar surface area (TPSA) is 48.0 Å². The number of rotatable bonds is 3. The molecular weight excluding hydrogens is 342 g/mol. The first kappa shape index (κ1) is 17.1. The van der Waals surface area contributed by atoms with Gasteiger partial charge >= 0.3 is 5.97 Å². The van der Waals surface area contributed by atoms with Gasteiger partial charge < -0.3 is 19.1 Å². The van der Waals surface area contributed by atoms with E-state index in [0.717, 1.165) is 30.9 Å². The summed E-state index contributed by atoms with van der Waals surface area (Å²) in [6, 6.07) is 2.57. The summed E-state index contributed by atoms with van der Waals surface area (Å²) in [4.78, 5) is 14.2. The zero-order valence-corrected chi connectivity index (χ0v) is 16.5. The lowest BCUT2D eigenvalue weighted by Gasteiger charge is -2.56. The number of piperidine rings is 1. The zero-order chi connectivity index (χ0) is 18.9. The Hall–Kier alpha value is -2.01. The lowest BCUT2D eigenvalue weighted by atomic mass is 9.53. The smallest absolute Gasteiger partial charge is 0.303 e. The fraction of sp³-hybridized carbons (Fsp3) is 0.591. The standard InChI is InChI=1S/C22H27NO4/c1-5-25-18-10-12(2)14-11-16-15-6-7-17(26-13(3)24)21-22(15,8-9-23(16)4)19(14)20(18)27-21/h6-7,10,15-17,21H,5,8-9,11H2,1-4H3/t15?,16?,17-,21?,22?/m0/s1. The van der Waals surface area contributed by atoms with Crippen molar-refractivity contribution in [2.24, 2.45) is 5.92 Å². The Kier molecular flexibility index (Phi) is 3.64. The van der Waals surface area contributed by atoms with E-state index in [1.807, 2.05) is 13.0 Å². The van der Waals surface area contributed by atoms with E-state index < -0.39 is 0 Å². The van der Waals surface area contributed by atoms with E-state index in [-0.39, 0.29) is 23.6 Å². The summed E-state index contributed by atoms with van der Waals surface area (Å²) in [6.07, 6.45) is 5.84. The molecule has 1 fully saturated rings. The second-order valence-electron chi connectivity index (χ2n) is 8.37. The fourth-order valence-electron chi connectivity index (χ4n) is 6.03. The molecule has 0 amide bonds. The Bertz CT molecular complexity index is 847. The Balaban J connectivity index is 1.75. The predicted octanol–water partition coefficient (Wildman–Crippen LogP) is 2.77. The summed E-state index contributed by atoms with van der Waals surface area (Å²) in [5.41, 5.74) is 3.87. The van der Waals surface area contributed by atoms with Crippen LogP contribution in [-0.2, 0) is 21.4 Å². The van der Waals surface area contributed by atoms with E-state index in [0.29, 0.717) is 18.6 Å². The highest BCUT2D eigenvalue weighted by Gasteiger charge is 2.65. The Morgan fingerprint density at radius 1 is 1.41 bits per heavy atom. The van der Waals surface area contributed by atoms with Crippen LogP contribution in [0, 0.1) is 12.8 Å². The number of nitrogens with zero attached hydrogens (tertiary/aromatic N) is 1. The summed E-state index contributed by atoms with van der Waals surface area (Å²) in [5.74, 6) is 1.82. The minimum Gasteiger partial charge on any atom is -0.490 e. The summed E-state index contributed by atoms with van der Waals surface area (Å²) in [7, 11) is 2.23. The van der Waals surface area contributed by atoms with E-state index in [2.05, 4.69) is 31.0 Å². The molecule has 27 heavy (non-hydrogen) atoms. The molecule has 1 aromatic carbocycles. The largest absolute Gasteiger partial charge is 0.490 e. The van der Waals surface area contributed by atoms with Gasteiger partial charge in [0, 0.05) is 29.9 Å². The van der Waals surface area contributed by atoms with Gasteiger partial charge in [0.25, 0.3) is 0 Å². The van der Waals surface area contributed by atoms with Crippen molar-refractivity contribution >= 4 is 5.97 Å². The maximum atomic E-state index is 11.7. The second-order valence-corrected chi connectivity index (χ2v) is 8.37. The number of carbonyl (C=O) groups excluding carboxylic acids is 1. The van der Waals surface area contributed by atoms with E-state index in [4.69, 9.17) is 14.2 Å². The summed E-state index contributed by atoms with van der Waals surface area (Å²) in [5, 5.41) is 0. The normalized spacial score (nSPS) is 35.4. The highest BCUT2D eigenvalue weighted by molar-refractivity contribution is 5.68. The van der Waals surface area contributed by atoms with Gasteiger partial charge in [-0.2, -0.15) is 0 Å². The van der Waals surface area contributed by atoms with Gasteiger partial charge in [-0.15, -0.1) is 0 Å². The summed E-state index contributed by atoms with van der Waals surface area (Å²) >= 11 is 0. The number of hydrogen-bond donors (Lipinski definition) is 0. The van der Waals surface area contributed by atoms with Gasteiger partial charge in [-0.3, -0.25) is 4.79 Å². The third kappa shape index (κ3) is 2.12. The van der Waals surface area contributed by atoms with E-state index in [1.165, 1.54) is 23.6 Å². The first-order valence-corrected chi connectivity index (χ1v) is 9.99. The number of hydrogen-bond acceptors (Lipinski definition) is 5. The van der Waals surface area contributed by atoms with Crippen molar-refractivity contribution < 1.29 is 19.0 Å². The number of benzene rings is 1. The second kappa shape index (κ2) is 5.74. The molecule has 0 radical (unpaired) electrons. The van der Waals surface area contributed by atoms with Crippen LogP contribution in [0.3, 0.4) is 0 Å². The number of ether oxygens (including phenoxy) is 3. The summed E-state index contributed by atoms with van der Waals surface area (Å²) in [6.45, 7) is 7.28. The van der Waals surface area contributed by atoms with Crippen LogP contribution in [0.4, 0.5) is 0 Å². The van der Waals surface area contributed by atoms with Crippen LogP contribution < -0.4 is 9.47 Å². The Labute approximate surface area is 160 Å². The predicted molar refractivity (Wildman–Crippen MR) is 101 cm³/mol. The SMILES string of the molecule is CCOc1cc(C)c2c3c1OC1[C@@H](OC(C)=O)C=CC4C(C2)N(C)CCC341. The zero-order valence-electron chi connectivity index (χ0n) is 16.5. The molecule has 144 valence electrons. The molecule has 2 aliphatic carbocycles. The van der Waals surface area contributed by atoms with Crippen molar-refractivity contribution in [1.82, 2.24) is 4.90 Å². The van der Waals surface area contributed by atoms with Crippen LogP contribution in [0.2, 0.25) is 0 Å². The first-order valence-electron chi connectivity index (χ1n) is 9.99. The van der Waals surface area contributed by atoms with Crippen LogP contribution in [0.15, 0.2) is 18.2 Å². The monoisotopic (exact) mass is 369 g/mol. The fourth-order valence-corrected chi connectivity index (χ4v) is 6.03. The maximum Gasteiger partial charge on any atom is 0.303 e. The molecular formula is C22H27NO4. The highest BCUT2D eigenvalue weighted by Crippen LogP contribution is 2.63. The molecule has 4 unspecified atom stereocenters. The molecule has 0 aromatic heterocycles. The average molecular weight is 369 g/mol. The van der Waals surface area contributed by atoms with Gasteiger partial charge in [0.05, 0.1) is 6.61 Å². The van der Waals surface area contributed by atoms with Gasteiger partial charge in [0.2, 0.25) is 0 Å². The van der Waals surface area contributed by atoms with E-state index in [1.54, 1.807) is 0 Å². The number of likely N-dealkylation sites (N-methyl/N-ethyl adjacent to an activating group) is 1. The van der Waals surface area contributed by atoms with E-state index >= 15 is 0 Å². The number of carbonyl (C=O) groups is 1. The van der Waals surface area contributed by atoms with Crippen LogP contribution in [-0.4, -0.2) is 49.3 Å². The van der Waals surface area contributed by atoms with Crippen LogP contribution in [0.25, 0.3) is 0 Å². The molecule has 0 saturated carbocycles. The van der Waals surface area contributed by atoms with Gasteiger partial charge in [-0.05, 0) is 63.6 Å². The van der Waals surface area contributed by atoms with Crippen LogP contribution in [0.1, 0.15) is 37.0 Å². The number of esters is 1. The van der Waals surface area contributed by atoms with Crippen LogP contribution >= 0.6 is 0 Å². The van der Waals surface area contributed by atoms with Gasteiger partial charge in [-0.1, -0.05) is 6.08 Å². The molecule has 2 bridgehead atoms. The molecule has 1 aromatic rings. The van der Waals surface area contributed by atoms with Gasteiger partial charge in [0.15, 0.2) is 17.6 Å². The lowest BCUT2D eigenvalue weighted by Crippen LogP contribution is -2.65. The minimum atomic E-state index is -0.351. The lowest BCUT2D eigenvalue weighted by molar-refractivity contribution is -0.152. The van der Waals surface area contributed by atoms with Gasteiger partial charge in [0.1, 0.15) is 6.10 Å². The van der Waals surface area contributed by atoms with Crippen molar-refractivity contribution in [2.45, 2.75) is 57.3 Å². The quantitative estimate of drug-likeness (QED) is 0.606. The molecule has 5 heteroatoms. The Morgan fingerprint density at radius 3 is 2.96 bits per heavy atom. The first-order chi connectivity index (χ1) is 13.0. The molecule has 1 spiro atoms. The summed E-state index contributed by atoms with van der Waals surface area (Å²) < 4.78 is 18.2. The van der Waals surface area contributed by atoms with Crippen molar-refractivity contribution in [1.29, 1.82) is 0 Å². The number of likely N-dealkylation sites (tertiary alicyclic amines) is 1. The molecule has 4 aliphatic rings. The molecule has 5 atom stereocenters. The third-order valence-corrected chi connectivity index (χ3v) is 7.07. The Morgan fingerprint density at radius 2 is 2.22 bits per heavy atom. The molecule has 5 rings (SSSR count). The highest BCUT2D eigenvalue weighted by atomic mass is 16.6. The average Bonchev–Trinajstić information content (AvgIpc) is 2.96. The van der Waals surface area contributed by atoms with Crippen molar-refractivity contribution in [3.05, 3.63) is 34.9 Å². The van der Waals surface area contributed by atoms with Gasteiger partial charge in [-0.25, -0.2) is 0 Å². The third-order valence-electron chi connectivity index (χ3n) is 7.07. The number of aryl methyl sites for hydroxylation is 1. The van der Waals surface area contributed by atoms with Crippen molar-refractivity contribution in [3.8, 4) is 11.5 Å². The molecule has 5 nitrogen and oxygen atoms in total. The molecule has 2 heterocycles. The van der Waals surface area contributed by atoms with E-state index in [9.17, 15) is 4.79 Å². The van der Waals surface area contributed by atoms with Crippen LogP contribution in [0.5, 0.6) is 11.5 Å². The molecule has 1 saturated heterocycles. The van der Waals surface area contributed by atoms with Crippen molar-refractivity contribution in [2.75, 3.05) is 20.2 Å². The van der Waals surface area contributed by atoms with Crippen molar-refractivity contribution in [3.63, 3.8) is 0 Å².